The fourth-order valence-corrected chi connectivity index (χ4v) is 5.49. The molecule has 3 fully saturated rings. The highest BCUT2D eigenvalue weighted by atomic mass is 16.2. The Morgan fingerprint density at radius 2 is 2.27 bits per heavy atom. The minimum atomic E-state index is -0.732. The Balaban J connectivity index is 1.24. The van der Waals surface area contributed by atoms with Crippen molar-refractivity contribution in [3.05, 3.63) is 29.8 Å². The summed E-state index contributed by atoms with van der Waals surface area (Å²) < 4.78 is 0. The molecule has 0 aliphatic carbocycles. The van der Waals surface area contributed by atoms with Gasteiger partial charge >= 0.3 is 0 Å². The Kier molecular flexibility index (Phi) is 5.55. The number of H-pyrrole nitrogens is 1. The van der Waals surface area contributed by atoms with Crippen LogP contribution in [0.15, 0.2) is 24.3 Å². The molecule has 0 radical (unpaired) electrons. The van der Waals surface area contributed by atoms with Crippen LogP contribution >= 0.6 is 0 Å². The van der Waals surface area contributed by atoms with Crippen molar-refractivity contribution in [1.82, 2.24) is 35.3 Å². The molecule has 1 aromatic carbocycles. The molecule has 2 bridgehead atoms. The van der Waals surface area contributed by atoms with Gasteiger partial charge in [0.2, 0.25) is 11.8 Å². The third kappa shape index (κ3) is 3.75. The van der Waals surface area contributed by atoms with E-state index in [9.17, 15) is 14.9 Å². The first-order valence-electron chi connectivity index (χ1n) is 11.3. The number of piperazine rings is 1. The second-order valence-electron chi connectivity index (χ2n) is 9.08. The van der Waals surface area contributed by atoms with Crippen LogP contribution in [0.5, 0.6) is 0 Å². The second kappa shape index (κ2) is 8.53. The molecule has 2 amide bonds. The highest BCUT2D eigenvalue weighted by Crippen LogP contribution is 2.38. The minimum Gasteiger partial charge on any atom is -0.330 e. The molecule has 0 unspecified atom stereocenters. The monoisotopic (exact) mass is 449 g/mol. The first-order valence-corrected chi connectivity index (χ1v) is 11.3. The fourth-order valence-electron chi connectivity index (χ4n) is 5.49. The lowest BCUT2D eigenvalue weighted by Crippen LogP contribution is -2.56. The van der Waals surface area contributed by atoms with Crippen LogP contribution in [0.3, 0.4) is 0 Å². The van der Waals surface area contributed by atoms with Crippen molar-refractivity contribution in [2.45, 2.75) is 56.4 Å². The predicted octanol–water partition coefficient (Wildman–Crippen LogP) is 0.0547. The van der Waals surface area contributed by atoms with Gasteiger partial charge < -0.3 is 15.5 Å². The number of hydrogen-bond donors (Lipinski definition) is 2. The Labute approximate surface area is 191 Å². The van der Waals surface area contributed by atoms with E-state index in [0.717, 1.165) is 24.0 Å². The molecule has 11 nitrogen and oxygen atoms in total. The number of carbonyl (C=O) groups is 2. The Morgan fingerprint density at radius 1 is 1.42 bits per heavy atom. The molecule has 3 aliphatic heterocycles. The number of amides is 2. The van der Waals surface area contributed by atoms with E-state index >= 15 is 0 Å². The maximum Gasteiger partial charge on any atom is 0.241 e. The van der Waals surface area contributed by atoms with Crippen molar-refractivity contribution in [1.29, 1.82) is 5.26 Å². The van der Waals surface area contributed by atoms with Gasteiger partial charge in [-0.1, -0.05) is 18.2 Å². The third-order valence-electron chi connectivity index (χ3n) is 7.15. The van der Waals surface area contributed by atoms with Gasteiger partial charge in [-0.05, 0) is 48.2 Å². The summed E-state index contributed by atoms with van der Waals surface area (Å²) in [5.74, 6) is 0.458. The van der Waals surface area contributed by atoms with Gasteiger partial charge in [0.05, 0.1) is 24.2 Å². The number of carbonyl (C=O) groups excluding carboxylic acids is 2. The average molecular weight is 450 g/mol. The van der Waals surface area contributed by atoms with E-state index in [4.69, 9.17) is 5.73 Å². The quantitative estimate of drug-likeness (QED) is 0.629. The van der Waals surface area contributed by atoms with Crippen molar-refractivity contribution in [2.24, 2.45) is 5.73 Å². The molecule has 3 aliphatic rings. The maximum atomic E-state index is 13.3. The summed E-state index contributed by atoms with van der Waals surface area (Å²) in [7, 11) is 0. The molecule has 3 saturated heterocycles. The topological polar surface area (TPSA) is 148 Å². The molecular weight excluding hydrogens is 422 g/mol. The number of hydrogen-bond acceptors (Lipinski definition) is 8. The van der Waals surface area contributed by atoms with Gasteiger partial charge in [0.1, 0.15) is 6.04 Å². The largest absolute Gasteiger partial charge is 0.330 e. The minimum absolute atomic E-state index is 0.0706. The summed E-state index contributed by atoms with van der Waals surface area (Å²) >= 11 is 0. The lowest BCUT2D eigenvalue weighted by molar-refractivity contribution is -0.140. The number of fused-ring (bicyclic) bond motifs is 2. The van der Waals surface area contributed by atoms with Gasteiger partial charge in [-0.2, -0.15) is 5.26 Å². The molecule has 11 heteroatoms. The molecular formula is C22H27N9O2. The van der Waals surface area contributed by atoms with Gasteiger partial charge in [-0.3, -0.25) is 14.5 Å². The number of nitrogens with two attached hydrogens (primary N) is 1. The zero-order chi connectivity index (χ0) is 23.1. The van der Waals surface area contributed by atoms with E-state index in [1.807, 2.05) is 41.0 Å². The number of nitrogens with one attached hydrogen (secondary N) is 1. The van der Waals surface area contributed by atoms with Gasteiger partial charge in [0.15, 0.2) is 5.82 Å². The van der Waals surface area contributed by atoms with Crippen LogP contribution in [0.25, 0.3) is 11.4 Å². The number of benzene rings is 1. The standard InChI is InChI=1S/C22H27N9O2/c1-13(14-4-2-5-15(8-14)20-25-27-28-26-20)31-17-9-19(22(31)33)29(11-17)12-18(24)21(32)30-7-3-6-16(30)10-23/h2,4-5,8,13,16-19H,3,6-7,9,11-12,24H2,1H3,(H,25,26,27,28)/t13-,16+,17+,18+,19+/m1/s1. The summed E-state index contributed by atoms with van der Waals surface area (Å²) in [4.78, 5) is 31.6. The summed E-state index contributed by atoms with van der Waals surface area (Å²) in [6, 6.07) is 8.65. The first kappa shape index (κ1) is 21.5. The van der Waals surface area contributed by atoms with Crippen molar-refractivity contribution in [3.63, 3.8) is 0 Å². The van der Waals surface area contributed by atoms with Crippen LogP contribution in [0.2, 0.25) is 0 Å². The van der Waals surface area contributed by atoms with E-state index in [0.29, 0.717) is 31.9 Å². The lowest BCUT2D eigenvalue weighted by atomic mass is 10.0. The number of nitrogens with zero attached hydrogens (tertiary/aromatic N) is 7. The molecule has 172 valence electrons. The van der Waals surface area contributed by atoms with Crippen LogP contribution in [0.1, 0.15) is 37.8 Å². The lowest BCUT2D eigenvalue weighted by Gasteiger charge is -2.38. The highest BCUT2D eigenvalue weighted by molar-refractivity contribution is 5.87. The number of nitriles is 1. The molecule has 4 heterocycles. The molecule has 3 N–H and O–H groups in total. The smallest absolute Gasteiger partial charge is 0.241 e. The summed E-state index contributed by atoms with van der Waals surface area (Å²) in [5, 5.41) is 23.2. The summed E-state index contributed by atoms with van der Waals surface area (Å²) in [6.07, 6.45) is 2.26. The van der Waals surface area contributed by atoms with Crippen molar-refractivity contribution in [2.75, 3.05) is 19.6 Å². The number of rotatable bonds is 6. The zero-order valence-corrected chi connectivity index (χ0v) is 18.5. The van der Waals surface area contributed by atoms with Crippen molar-refractivity contribution >= 4 is 11.8 Å². The normalized spacial score (nSPS) is 26.6. The van der Waals surface area contributed by atoms with Gasteiger partial charge in [0.25, 0.3) is 0 Å². The van der Waals surface area contributed by atoms with Gasteiger partial charge in [-0.15, -0.1) is 5.10 Å². The molecule has 1 aromatic heterocycles. The molecule has 5 rings (SSSR count). The van der Waals surface area contributed by atoms with Crippen LogP contribution in [-0.4, -0.2) is 90.9 Å². The van der Waals surface area contributed by atoms with Gasteiger partial charge in [-0.25, -0.2) is 5.10 Å². The molecule has 2 aromatic rings. The molecule has 33 heavy (non-hydrogen) atoms. The summed E-state index contributed by atoms with van der Waals surface area (Å²) in [6.45, 7) is 3.63. The van der Waals surface area contributed by atoms with Crippen LogP contribution < -0.4 is 5.73 Å². The van der Waals surface area contributed by atoms with Crippen LogP contribution in [0.4, 0.5) is 0 Å². The molecule has 0 saturated carbocycles. The third-order valence-corrected chi connectivity index (χ3v) is 7.15. The predicted molar refractivity (Wildman–Crippen MR) is 117 cm³/mol. The van der Waals surface area contributed by atoms with Crippen LogP contribution in [-0.2, 0) is 9.59 Å². The maximum absolute atomic E-state index is 13.3. The Morgan fingerprint density at radius 3 is 3.00 bits per heavy atom. The second-order valence-corrected chi connectivity index (χ2v) is 9.08. The zero-order valence-electron chi connectivity index (χ0n) is 18.5. The Hall–Kier alpha value is -3.36. The van der Waals surface area contributed by atoms with E-state index in [1.165, 1.54) is 0 Å². The van der Waals surface area contributed by atoms with E-state index in [2.05, 4.69) is 26.7 Å². The van der Waals surface area contributed by atoms with Crippen molar-refractivity contribution < 1.29 is 9.59 Å². The summed E-state index contributed by atoms with van der Waals surface area (Å²) in [5.41, 5.74) is 8.11. The number of aromatic nitrogens is 4. The van der Waals surface area contributed by atoms with E-state index < -0.39 is 6.04 Å². The molecule has 5 atom stereocenters. The van der Waals surface area contributed by atoms with E-state index in [1.54, 1.807) is 4.90 Å². The number of likely N-dealkylation sites (tertiary alicyclic amines) is 3. The number of tetrazole rings is 1. The van der Waals surface area contributed by atoms with E-state index in [-0.39, 0.29) is 36.0 Å². The number of aromatic amines is 1. The SMILES string of the molecule is C[C@H](c1cccc(-c2nnn[nH]2)c1)N1C(=O)[C@@H]2C[C@H]1CN2C[C@H](N)C(=O)N1CCC[C@H]1C#N. The highest BCUT2D eigenvalue weighted by Gasteiger charge is 2.51. The Bertz CT molecular complexity index is 1080. The fraction of sp³-hybridized carbons (Fsp3) is 0.545. The average Bonchev–Trinajstić information content (AvgIpc) is 3.62. The van der Waals surface area contributed by atoms with Gasteiger partial charge in [0, 0.05) is 31.2 Å². The first-order chi connectivity index (χ1) is 16.0. The van der Waals surface area contributed by atoms with Crippen LogP contribution in [0, 0.1) is 11.3 Å². The molecule has 0 spiro atoms. The van der Waals surface area contributed by atoms with Crippen molar-refractivity contribution in [3.8, 4) is 17.5 Å².